The number of esters is 4. The molecule has 1 aliphatic rings. The summed E-state index contributed by atoms with van der Waals surface area (Å²) >= 11 is 0. The Hall–Kier alpha value is -3.67. The van der Waals surface area contributed by atoms with Gasteiger partial charge in [0.2, 0.25) is 12.4 Å². The second-order valence-corrected chi connectivity index (χ2v) is 7.83. The van der Waals surface area contributed by atoms with Gasteiger partial charge >= 0.3 is 23.9 Å². The van der Waals surface area contributed by atoms with Crippen molar-refractivity contribution in [2.24, 2.45) is 0 Å². The first-order chi connectivity index (χ1) is 17.0. The van der Waals surface area contributed by atoms with Crippen LogP contribution in [0.4, 0.5) is 0 Å². The van der Waals surface area contributed by atoms with E-state index < -0.39 is 61.2 Å². The topological polar surface area (TPSA) is 150 Å². The van der Waals surface area contributed by atoms with E-state index in [1.807, 2.05) is 0 Å². The van der Waals surface area contributed by atoms with Crippen LogP contribution in [-0.4, -0.2) is 74.1 Å². The van der Waals surface area contributed by atoms with Gasteiger partial charge in [-0.15, -0.1) is 0 Å². The zero-order chi connectivity index (χ0) is 27.0. The number of benzene rings is 1. The van der Waals surface area contributed by atoms with Crippen LogP contribution in [0.1, 0.15) is 51.4 Å². The van der Waals surface area contributed by atoms with Gasteiger partial charge in [0, 0.05) is 39.7 Å². The Morgan fingerprint density at radius 1 is 0.806 bits per heavy atom. The number of methoxy groups -OCH3 is 1. The SMILES string of the molecule is CCC(=O)c1ccc(O[C@H]2O[C@@H](COC(C)=O)[C@@H](OC(C)=O)[C@@H](OC(C)=O)[C@H]2OC(C)=O)c(OC)c1. The molecule has 36 heavy (non-hydrogen) atoms. The molecule has 0 radical (unpaired) electrons. The first-order valence-corrected chi connectivity index (χ1v) is 11.1. The number of hydrogen-bond donors (Lipinski definition) is 0. The maximum atomic E-state index is 12.1. The lowest BCUT2D eigenvalue weighted by Crippen LogP contribution is -2.63. The largest absolute Gasteiger partial charge is 0.493 e. The van der Waals surface area contributed by atoms with E-state index in [2.05, 4.69) is 0 Å². The lowest BCUT2D eigenvalue weighted by atomic mass is 9.98. The molecule has 1 aromatic rings. The van der Waals surface area contributed by atoms with Crippen molar-refractivity contribution in [2.45, 2.75) is 71.7 Å². The van der Waals surface area contributed by atoms with E-state index in [0.717, 1.165) is 20.8 Å². The lowest BCUT2D eigenvalue weighted by Gasteiger charge is -2.44. The van der Waals surface area contributed by atoms with Gasteiger partial charge in [0.15, 0.2) is 29.5 Å². The van der Waals surface area contributed by atoms with Gasteiger partial charge in [-0.05, 0) is 18.2 Å². The van der Waals surface area contributed by atoms with E-state index in [1.54, 1.807) is 6.92 Å². The van der Waals surface area contributed by atoms with Gasteiger partial charge in [0.25, 0.3) is 0 Å². The van der Waals surface area contributed by atoms with Gasteiger partial charge in [0.1, 0.15) is 12.7 Å². The summed E-state index contributed by atoms with van der Waals surface area (Å²) in [6.07, 6.45) is -6.38. The molecular weight excluding hydrogens is 480 g/mol. The minimum atomic E-state index is -1.42. The van der Waals surface area contributed by atoms with Gasteiger partial charge in [0.05, 0.1) is 7.11 Å². The van der Waals surface area contributed by atoms with Crippen LogP contribution in [-0.2, 0) is 42.9 Å². The number of carbonyl (C=O) groups is 5. The third kappa shape index (κ3) is 7.67. The Bertz CT molecular complexity index is 987. The van der Waals surface area contributed by atoms with Crippen molar-refractivity contribution in [3.63, 3.8) is 0 Å². The number of carbonyl (C=O) groups excluding carboxylic acids is 5. The summed E-state index contributed by atoms with van der Waals surface area (Å²) in [6, 6.07) is 4.47. The Morgan fingerprint density at radius 2 is 1.39 bits per heavy atom. The molecule has 0 N–H and O–H groups in total. The maximum Gasteiger partial charge on any atom is 0.303 e. The number of ether oxygens (including phenoxy) is 7. The molecule has 1 aliphatic heterocycles. The van der Waals surface area contributed by atoms with Gasteiger partial charge < -0.3 is 33.2 Å². The van der Waals surface area contributed by atoms with Gasteiger partial charge in [-0.1, -0.05) is 6.92 Å². The minimum Gasteiger partial charge on any atom is -0.493 e. The van der Waals surface area contributed by atoms with Crippen molar-refractivity contribution in [3.05, 3.63) is 23.8 Å². The van der Waals surface area contributed by atoms with Crippen LogP contribution >= 0.6 is 0 Å². The van der Waals surface area contributed by atoms with Crippen molar-refractivity contribution in [1.29, 1.82) is 0 Å². The molecule has 198 valence electrons. The summed E-state index contributed by atoms with van der Waals surface area (Å²) in [5, 5.41) is 0. The summed E-state index contributed by atoms with van der Waals surface area (Å²) in [7, 11) is 1.37. The fourth-order valence-corrected chi connectivity index (χ4v) is 3.55. The first kappa shape index (κ1) is 28.6. The van der Waals surface area contributed by atoms with E-state index in [-0.39, 0.29) is 23.7 Å². The molecule has 12 heteroatoms. The highest BCUT2D eigenvalue weighted by molar-refractivity contribution is 5.96. The van der Waals surface area contributed by atoms with E-state index >= 15 is 0 Å². The zero-order valence-corrected chi connectivity index (χ0v) is 20.9. The molecule has 1 heterocycles. The van der Waals surface area contributed by atoms with E-state index in [4.69, 9.17) is 33.2 Å². The van der Waals surface area contributed by atoms with Crippen LogP contribution in [0.2, 0.25) is 0 Å². The van der Waals surface area contributed by atoms with Crippen LogP contribution in [0.15, 0.2) is 18.2 Å². The minimum absolute atomic E-state index is 0.117. The van der Waals surface area contributed by atoms with Crippen LogP contribution in [0.25, 0.3) is 0 Å². The number of rotatable bonds is 10. The Balaban J connectivity index is 2.52. The van der Waals surface area contributed by atoms with Crippen LogP contribution in [0, 0.1) is 0 Å². The normalized spacial score (nSPS) is 23.1. The molecule has 12 nitrogen and oxygen atoms in total. The predicted molar refractivity (Wildman–Crippen MR) is 120 cm³/mol. The zero-order valence-electron chi connectivity index (χ0n) is 20.9. The molecule has 2 rings (SSSR count). The molecule has 0 spiro atoms. The summed E-state index contributed by atoms with van der Waals surface area (Å²) in [6.45, 7) is 5.87. The monoisotopic (exact) mass is 510 g/mol. The van der Waals surface area contributed by atoms with E-state index in [9.17, 15) is 24.0 Å². The van der Waals surface area contributed by atoms with Crippen LogP contribution in [0.3, 0.4) is 0 Å². The fourth-order valence-electron chi connectivity index (χ4n) is 3.55. The van der Waals surface area contributed by atoms with Crippen LogP contribution < -0.4 is 9.47 Å². The second-order valence-electron chi connectivity index (χ2n) is 7.83. The standard InChI is InChI=1S/C24H30O12/c1-7-17(29)16-8-9-18(19(10-16)30-6)35-24-23(34-15(5)28)22(33-14(4)27)21(32-13(3)26)20(36-24)11-31-12(2)25/h8-10,20-24H,7,11H2,1-6H3/t20-,21+,22+,23+,24-/m0/s1. The van der Waals surface area contributed by atoms with E-state index in [0.29, 0.717) is 5.56 Å². The molecule has 0 saturated carbocycles. The Labute approximate surface area is 208 Å². The molecule has 1 aromatic carbocycles. The average molecular weight is 510 g/mol. The predicted octanol–water partition coefficient (Wildman–Crippen LogP) is 1.75. The van der Waals surface area contributed by atoms with Crippen molar-refractivity contribution >= 4 is 29.7 Å². The quantitative estimate of drug-likeness (QED) is 0.256. The summed E-state index contributed by atoms with van der Waals surface area (Å²) in [4.78, 5) is 59.2. The molecule has 5 atom stereocenters. The number of ketones is 1. The molecule has 0 aromatic heterocycles. The molecule has 1 fully saturated rings. The second kappa shape index (κ2) is 12.9. The highest BCUT2D eigenvalue weighted by Crippen LogP contribution is 2.35. The van der Waals surface area contributed by atoms with Crippen LogP contribution in [0.5, 0.6) is 11.5 Å². The lowest BCUT2D eigenvalue weighted by molar-refractivity contribution is -0.288. The maximum absolute atomic E-state index is 12.1. The molecular formula is C24H30O12. The van der Waals surface area contributed by atoms with Crippen molar-refractivity contribution in [2.75, 3.05) is 13.7 Å². The average Bonchev–Trinajstić information content (AvgIpc) is 2.80. The third-order valence-electron chi connectivity index (χ3n) is 5.00. The molecule has 0 bridgehead atoms. The van der Waals surface area contributed by atoms with Crippen molar-refractivity contribution in [3.8, 4) is 11.5 Å². The molecule has 0 amide bonds. The fraction of sp³-hybridized carbons (Fsp3) is 0.542. The van der Waals surface area contributed by atoms with Crippen molar-refractivity contribution in [1.82, 2.24) is 0 Å². The highest BCUT2D eigenvalue weighted by atomic mass is 16.7. The Kier molecular flexibility index (Phi) is 10.2. The van der Waals surface area contributed by atoms with E-state index in [1.165, 1.54) is 32.2 Å². The van der Waals surface area contributed by atoms with Gasteiger partial charge in [-0.25, -0.2) is 0 Å². The van der Waals surface area contributed by atoms with Gasteiger partial charge in [-0.3, -0.25) is 24.0 Å². The summed E-state index contributed by atoms with van der Waals surface area (Å²) in [5.74, 6) is -2.72. The summed E-state index contributed by atoms with van der Waals surface area (Å²) in [5.41, 5.74) is 0.392. The third-order valence-corrected chi connectivity index (χ3v) is 5.00. The van der Waals surface area contributed by atoms with Gasteiger partial charge in [-0.2, -0.15) is 0 Å². The first-order valence-electron chi connectivity index (χ1n) is 11.1. The Morgan fingerprint density at radius 3 is 1.92 bits per heavy atom. The molecule has 1 saturated heterocycles. The molecule has 0 unspecified atom stereocenters. The molecule has 0 aliphatic carbocycles. The highest BCUT2D eigenvalue weighted by Gasteiger charge is 2.53. The number of Topliss-reactive ketones (excluding diaryl/α,β-unsaturated/α-hetero) is 1. The van der Waals surface area contributed by atoms with Crippen molar-refractivity contribution < 1.29 is 57.1 Å². The number of hydrogen-bond acceptors (Lipinski definition) is 12. The summed E-state index contributed by atoms with van der Waals surface area (Å²) < 4.78 is 38.3. The smallest absolute Gasteiger partial charge is 0.303 e.